The molecule has 0 aliphatic heterocycles. The summed E-state index contributed by atoms with van der Waals surface area (Å²) in [6.07, 6.45) is 2.49. The standard InChI is InChI=1S/C14H24O2Si/c1-3-12-17(13-4-2)16-11-10-15-14-8-6-5-7-9-14/h5-9,17H,3-4,10-13H2,1-2H3. The first-order valence-corrected chi connectivity index (χ1v) is 8.76. The fourth-order valence-corrected chi connectivity index (χ4v) is 4.19. The number of hydrogen-bond acceptors (Lipinski definition) is 2. The minimum absolute atomic E-state index is 0.668. The van der Waals surface area contributed by atoms with Crippen molar-refractivity contribution in [2.24, 2.45) is 0 Å². The smallest absolute Gasteiger partial charge is 0.177 e. The zero-order valence-corrected chi connectivity index (χ0v) is 12.2. The highest BCUT2D eigenvalue weighted by molar-refractivity contribution is 6.51. The molecule has 1 rings (SSSR count). The molecule has 0 aromatic heterocycles. The largest absolute Gasteiger partial charge is 0.491 e. The highest BCUT2D eigenvalue weighted by Crippen LogP contribution is 2.09. The van der Waals surface area contributed by atoms with E-state index in [2.05, 4.69) is 13.8 Å². The van der Waals surface area contributed by atoms with Gasteiger partial charge < -0.3 is 9.16 Å². The first-order chi connectivity index (χ1) is 8.36. The maximum atomic E-state index is 5.96. The zero-order chi connectivity index (χ0) is 12.3. The van der Waals surface area contributed by atoms with E-state index in [0.717, 1.165) is 12.4 Å². The molecule has 0 heterocycles. The van der Waals surface area contributed by atoms with Gasteiger partial charge in [0.2, 0.25) is 0 Å². The molecule has 0 amide bonds. The van der Waals surface area contributed by atoms with E-state index in [4.69, 9.17) is 9.16 Å². The number of hydrogen-bond donors (Lipinski definition) is 0. The third-order valence-electron chi connectivity index (χ3n) is 2.67. The molecular weight excluding hydrogens is 228 g/mol. The third-order valence-corrected chi connectivity index (χ3v) is 5.82. The van der Waals surface area contributed by atoms with Crippen molar-refractivity contribution in [1.82, 2.24) is 0 Å². The molecule has 0 saturated heterocycles. The average Bonchev–Trinajstić information content (AvgIpc) is 2.36. The van der Waals surface area contributed by atoms with Gasteiger partial charge in [-0.05, 0) is 24.2 Å². The summed E-state index contributed by atoms with van der Waals surface area (Å²) in [5.74, 6) is 0.931. The highest BCUT2D eigenvalue weighted by Gasteiger charge is 2.09. The molecule has 0 N–H and O–H groups in total. The number of rotatable bonds is 9. The van der Waals surface area contributed by atoms with Gasteiger partial charge in [0.15, 0.2) is 9.04 Å². The van der Waals surface area contributed by atoms with Crippen molar-refractivity contribution in [2.75, 3.05) is 13.2 Å². The molecule has 0 unspecified atom stereocenters. The van der Waals surface area contributed by atoms with Crippen LogP contribution in [-0.2, 0) is 4.43 Å². The third kappa shape index (κ3) is 6.49. The molecule has 0 aliphatic carbocycles. The second kappa shape index (κ2) is 9.25. The van der Waals surface area contributed by atoms with E-state index >= 15 is 0 Å². The fraction of sp³-hybridized carbons (Fsp3) is 0.571. The fourth-order valence-electron chi connectivity index (χ4n) is 1.85. The Hall–Kier alpha value is -0.803. The van der Waals surface area contributed by atoms with Crippen molar-refractivity contribution in [3.05, 3.63) is 30.3 Å². The van der Waals surface area contributed by atoms with E-state index in [1.54, 1.807) is 0 Å². The Balaban J connectivity index is 2.13. The van der Waals surface area contributed by atoms with Crippen LogP contribution in [0.4, 0.5) is 0 Å². The summed E-state index contributed by atoms with van der Waals surface area (Å²) in [5, 5.41) is 0. The predicted octanol–water partition coefficient (Wildman–Crippen LogP) is 3.63. The summed E-state index contributed by atoms with van der Waals surface area (Å²) in [5.41, 5.74) is 0. The Kier molecular flexibility index (Phi) is 7.76. The second-order valence-electron chi connectivity index (χ2n) is 4.23. The summed E-state index contributed by atoms with van der Waals surface area (Å²) in [7, 11) is -0.939. The Morgan fingerprint density at radius 3 is 2.18 bits per heavy atom. The SMILES string of the molecule is CCC[SiH](CCC)OCCOc1ccccc1. The van der Waals surface area contributed by atoms with Gasteiger partial charge in [0, 0.05) is 0 Å². The second-order valence-corrected chi connectivity index (χ2v) is 6.96. The lowest BCUT2D eigenvalue weighted by molar-refractivity contribution is 0.216. The molecule has 1 aromatic rings. The van der Waals surface area contributed by atoms with E-state index < -0.39 is 9.04 Å². The average molecular weight is 252 g/mol. The maximum Gasteiger partial charge on any atom is 0.177 e. The molecule has 17 heavy (non-hydrogen) atoms. The summed E-state index contributed by atoms with van der Waals surface area (Å²) in [4.78, 5) is 0. The van der Waals surface area contributed by atoms with Crippen LogP contribution >= 0.6 is 0 Å². The Labute approximate surface area is 107 Å². The van der Waals surface area contributed by atoms with Crippen molar-refractivity contribution in [3.8, 4) is 5.75 Å². The van der Waals surface area contributed by atoms with Crippen LogP contribution in [0.2, 0.25) is 12.1 Å². The van der Waals surface area contributed by atoms with Crippen LogP contribution in [0.3, 0.4) is 0 Å². The summed E-state index contributed by atoms with van der Waals surface area (Å²) in [6.45, 7) is 5.88. The molecule has 96 valence electrons. The van der Waals surface area contributed by atoms with Gasteiger partial charge in [0.05, 0.1) is 6.61 Å². The molecule has 0 radical (unpaired) electrons. The Morgan fingerprint density at radius 1 is 0.941 bits per heavy atom. The van der Waals surface area contributed by atoms with Crippen LogP contribution in [0, 0.1) is 0 Å². The van der Waals surface area contributed by atoms with Crippen LogP contribution in [0.15, 0.2) is 30.3 Å². The summed E-state index contributed by atoms with van der Waals surface area (Å²) in [6, 6.07) is 12.5. The monoisotopic (exact) mass is 252 g/mol. The van der Waals surface area contributed by atoms with E-state index in [1.807, 2.05) is 30.3 Å². The number of para-hydroxylation sites is 1. The molecule has 0 spiro atoms. The van der Waals surface area contributed by atoms with Crippen LogP contribution in [0.1, 0.15) is 26.7 Å². The summed E-state index contributed by atoms with van der Waals surface area (Å²) >= 11 is 0. The van der Waals surface area contributed by atoms with E-state index in [1.165, 1.54) is 24.9 Å². The lowest BCUT2D eigenvalue weighted by Gasteiger charge is -2.15. The molecule has 0 aliphatic rings. The van der Waals surface area contributed by atoms with Crippen molar-refractivity contribution < 1.29 is 9.16 Å². The van der Waals surface area contributed by atoms with Gasteiger partial charge in [0.1, 0.15) is 12.4 Å². The number of benzene rings is 1. The quantitative estimate of drug-likeness (QED) is 0.493. The minimum Gasteiger partial charge on any atom is -0.491 e. The van der Waals surface area contributed by atoms with Gasteiger partial charge in [-0.15, -0.1) is 0 Å². The Bertz CT molecular complexity index is 271. The molecule has 1 aromatic carbocycles. The zero-order valence-electron chi connectivity index (χ0n) is 11.0. The predicted molar refractivity (Wildman–Crippen MR) is 75.2 cm³/mol. The molecule has 3 heteroatoms. The first kappa shape index (κ1) is 14.3. The molecule has 0 saturated carbocycles. The van der Waals surface area contributed by atoms with Crippen molar-refractivity contribution in [1.29, 1.82) is 0 Å². The maximum absolute atomic E-state index is 5.96. The van der Waals surface area contributed by atoms with Gasteiger partial charge in [-0.1, -0.05) is 44.9 Å². The van der Waals surface area contributed by atoms with Crippen molar-refractivity contribution >= 4 is 9.04 Å². The van der Waals surface area contributed by atoms with Gasteiger partial charge in [-0.2, -0.15) is 0 Å². The topological polar surface area (TPSA) is 18.5 Å². The van der Waals surface area contributed by atoms with E-state index in [9.17, 15) is 0 Å². The lowest BCUT2D eigenvalue weighted by Crippen LogP contribution is -2.20. The van der Waals surface area contributed by atoms with Gasteiger partial charge in [-0.25, -0.2) is 0 Å². The van der Waals surface area contributed by atoms with Gasteiger partial charge in [0.25, 0.3) is 0 Å². The summed E-state index contributed by atoms with van der Waals surface area (Å²) < 4.78 is 11.6. The first-order valence-electron chi connectivity index (χ1n) is 6.66. The van der Waals surface area contributed by atoms with Crippen LogP contribution in [0.25, 0.3) is 0 Å². The molecule has 0 bridgehead atoms. The molecule has 2 nitrogen and oxygen atoms in total. The van der Waals surface area contributed by atoms with E-state index in [0.29, 0.717) is 6.61 Å². The highest BCUT2D eigenvalue weighted by atomic mass is 28.3. The van der Waals surface area contributed by atoms with Crippen LogP contribution < -0.4 is 4.74 Å². The Morgan fingerprint density at radius 2 is 1.59 bits per heavy atom. The van der Waals surface area contributed by atoms with Gasteiger partial charge >= 0.3 is 0 Å². The molecule has 0 fully saturated rings. The molecule has 0 atom stereocenters. The van der Waals surface area contributed by atoms with Crippen LogP contribution in [0.5, 0.6) is 5.75 Å². The van der Waals surface area contributed by atoms with Crippen molar-refractivity contribution in [3.63, 3.8) is 0 Å². The number of ether oxygens (including phenoxy) is 1. The lowest BCUT2D eigenvalue weighted by atomic mass is 10.3. The van der Waals surface area contributed by atoms with Crippen molar-refractivity contribution in [2.45, 2.75) is 38.8 Å². The van der Waals surface area contributed by atoms with E-state index in [-0.39, 0.29) is 0 Å². The molecular formula is C14H24O2Si. The van der Waals surface area contributed by atoms with Gasteiger partial charge in [-0.3, -0.25) is 0 Å². The normalized spacial score (nSPS) is 10.8. The minimum atomic E-state index is -0.939. The van der Waals surface area contributed by atoms with Crippen LogP contribution in [-0.4, -0.2) is 22.3 Å².